The predicted octanol–water partition coefficient (Wildman–Crippen LogP) is 4.90. The highest BCUT2D eigenvalue weighted by atomic mass is 79.9. The maximum Gasteiger partial charge on any atom is 0.252 e. The van der Waals surface area contributed by atoms with Gasteiger partial charge in [-0.3, -0.25) is 4.79 Å². The van der Waals surface area contributed by atoms with Crippen molar-refractivity contribution in [2.24, 2.45) is 5.92 Å². The Morgan fingerprint density at radius 3 is 2.79 bits per heavy atom. The van der Waals surface area contributed by atoms with Gasteiger partial charge in [0.2, 0.25) is 0 Å². The minimum Gasteiger partial charge on any atom is -0.352 e. The van der Waals surface area contributed by atoms with Gasteiger partial charge in [-0.15, -0.1) is 0 Å². The molecule has 1 aromatic rings. The van der Waals surface area contributed by atoms with E-state index in [0.717, 1.165) is 21.9 Å². The average Bonchev–Trinajstić information content (AvgIpc) is 2.36. The molecular formula is C14H16Br3NO. The standard InChI is InChI=1S/C14H16Br3NO/c15-10-3-1-2-9(6-10)8-18-14(19)12-5-4-11(16)7-13(12)17/h4-5,7,9-10H,1-3,6,8H2,(H,18,19). The molecule has 0 saturated heterocycles. The van der Waals surface area contributed by atoms with Gasteiger partial charge < -0.3 is 5.32 Å². The van der Waals surface area contributed by atoms with Crippen molar-refractivity contribution in [3.63, 3.8) is 0 Å². The van der Waals surface area contributed by atoms with Crippen LogP contribution in [0.15, 0.2) is 27.1 Å². The van der Waals surface area contributed by atoms with Gasteiger partial charge in [0.05, 0.1) is 5.56 Å². The Balaban J connectivity index is 1.90. The maximum absolute atomic E-state index is 12.1. The van der Waals surface area contributed by atoms with Gasteiger partial charge in [-0.1, -0.05) is 38.3 Å². The van der Waals surface area contributed by atoms with Crippen LogP contribution < -0.4 is 5.32 Å². The quantitative estimate of drug-likeness (QED) is 0.648. The summed E-state index contributed by atoms with van der Waals surface area (Å²) in [5.74, 6) is 0.590. The Bertz CT molecular complexity index is 464. The molecule has 1 aromatic carbocycles. The maximum atomic E-state index is 12.1. The molecule has 1 N–H and O–H groups in total. The van der Waals surface area contributed by atoms with Crippen molar-refractivity contribution in [2.75, 3.05) is 6.54 Å². The lowest BCUT2D eigenvalue weighted by Crippen LogP contribution is -2.32. The summed E-state index contributed by atoms with van der Waals surface area (Å²) in [6.07, 6.45) is 4.87. The molecule has 2 atom stereocenters. The molecule has 0 aliphatic heterocycles. The van der Waals surface area contributed by atoms with E-state index in [9.17, 15) is 4.79 Å². The summed E-state index contributed by atoms with van der Waals surface area (Å²) in [5.41, 5.74) is 0.689. The van der Waals surface area contributed by atoms with Gasteiger partial charge in [-0.05, 0) is 59.3 Å². The molecule has 104 valence electrons. The molecule has 0 radical (unpaired) electrons. The molecule has 1 aliphatic rings. The molecule has 0 spiro atoms. The first kappa shape index (κ1) is 15.5. The van der Waals surface area contributed by atoms with Crippen molar-refractivity contribution in [1.82, 2.24) is 5.32 Å². The SMILES string of the molecule is O=C(NCC1CCCC(Br)C1)c1ccc(Br)cc1Br. The van der Waals surface area contributed by atoms with Crippen LogP contribution in [0.25, 0.3) is 0 Å². The van der Waals surface area contributed by atoms with E-state index in [2.05, 4.69) is 53.1 Å². The van der Waals surface area contributed by atoms with E-state index in [4.69, 9.17) is 0 Å². The molecular weight excluding hydrogens is 438 g/mol. The van der Waals surface area contributed by atoms with Crippen LogP contribution in [0.2, 0.25) is 0 Å². The highest BCUT2D eigenvalue weighted by Crippen LogP contribution is 2.28. The molecule has 2 nitrogen and oxygen atoms in total. The van der Waals surface area contributed by atoms with Crippen molar-refractivity contribution >= 4 is 53.7 Å². The summed E-state index contributed by atoms with van der Waals surface area (Å²) in [4.78, 5) is 12.7. The highest BCUT2D eigenvalue weighted by Gasteiger charge is 2.20. The second-order valence-electron chi connectivity index (χ2n) is 4.96. The van der Waals surface area contributed by atoms with E-state index in [-0.39, 0.29) is 5.91 Å². The topological polar surface area (TPSA) is 29.1 Å². The van der Waals surface area contributed by atoms with Crippen LogP contribution in [0.1, 0.15) is 36.0 Å². The zero-order valence-electron chi connectivity index (χ0n) is 10.5. The second-order valence-corrected chi connectivity index (χ2v) is 8.03. The third-order valence-electron chi connectivity index (χ3n) is 3.45. The van der Waals surface area contributed by atoms with Crippen LogP contribution in [-0.4, -0.2) is 17.3 Å². The van der Waals surface area contributed by atoms with E-state index in [1.165, 1.54) is 19.3 Å². The summed E-state index contributed by atoms with van der Waals surface area (Å²) < 4.78 is 1.78. The Labute approximate surface area is 139 Å². The molecule has 2 unspecified atom stereocenters. The third kappa shape index (κ3) is 4.57. The van der Waals surface area contributed by atoms with Crippen molar-refractivity contribution in [1.29, 1.82) is 0 Å². The Kier molecular flexibility index (Phi) is 5.90. The Morgan fingerprint density at radius 2 is 2.11 bits per heavy atom. The molecule has 0 aromatic heterocycles. The van der Waals surface area contributed by atoms with Crippen LogP contribution in [0.5, 0.6) is 0 Å². The first-order chi connectivity index (χ1) is 9.06. The number of carbonyl (C=O) groups is 1. The van der Waals surface area contributed by atoms with E-state index in [1.807, 2.05) is 18.2 Å². The van der Waals surface area contributed by atoms with Gasteiger partial charge in [-0.2, -0.15) is 0 Å². The van der Waals surface area contributed by atoms with Crippen LogP contribution in [0, 0.1) is 5.92 Å². The highest BCUT2D eigenvalue weighted by molar-refractivity contribution is 9.11. The van der Waals surface area contributed by atoms with Crippen LogP contribution in [-0.2, 0) is 0 Å². The van der Waals surface area contributed by atoms with E-state index >= 15 is 0 Å². The predicted molar refractivity (Wildman–Crippen MR) is 88.8 cm³/mol. The average molecular weight is 454 g/mol. The van der Waals surface area contributed by atoms with Crippen LogP contribution in [0.4, 0.5) is 0 Å². The van der Waals surface area contributed by atoms with Crippen molar-refractivity contribution in [3.8, 4) is 0 Å². The smallest absolute Gasteiger partial charge is 0.252 e. The summed E-state index contributed by atoms with van der Waals surface area (Å²) in [7, 11) is 0. The first-order valence-electron chi connectivity index (χ1n) is 6.43. The number of alkyl halides is 1. The zero-order chi connectivity index (χ0) is 13.8. The minimum absolute atomic E-state index is 0.00364. The number of amides is 1. The molecule has 1 aliphatic carbocycles. The first-order valence-corrected chi connectivity index (χ1v) is 8.93. The molecule has 1 fully saturated rings. The number of hydrogen-bond acceptors (Lipinski definition) is 1. The Morgan fingerprint density at radius 1 is 1.32 bits per heavy atom. The van der Waals surface area contributed by atoms with E-state index in [1.54, 1.807) is 0 Å². The zero-order valence-corrected chi connectivity index (χ0v) is 15.2. The number of carbonyl (C=O) groups excluding carboxylic acids is 1. The summed E-state index contributed by atoms with van der Waals surface area (Å²) in [6, 6.07) is 5.61. The van der Waals surface area contributed by atoms with Crippen molar-refractivity contribution < 1.29 is 4.79 Å². The molecule has 19 heavy (non-hydrogen) atoms. The normalized spacial score (nSPS) is 23.1. The second kappa shape index (κ2) is 7.23. The third-order valence-corrected chi connectivity index (χ3v) is 5.43. The summed E-state index contributed by atoms with van der Waals surface area (Å²) in [6.45, 7) is 0.767. The number of nitrogens with one attached hydrogen (secondary N) is 1. The van der Waals surface area contributed by atoms with Gasteiger partial charge >= 0.3 is 0 Å². The number of rotatable bonds is 3. The van der Waals surface area contributed by atoms with Crippen molar-refractivity contribution in [2.45, 2.75) is 30.5 Å². The van der Waals surface area contributed by atoms with Crippen LogP contribution in [0.3, 0.4) is 0 Å². The molecule has 0 heterocycles. The number of hydrogen-bond donors (Lipinski definition) is 1. The lowest BCUT2D eigenvalue weighted by atomic mass is 9.89. The minimum atomic E-state index is -0.00364. The molecule has 1 amide bonds. The van der Waals surface area contributed by atoms with Gasteiger partial charge in [-0.25, -0.2) is 0 Å². The fourth-order valence-electron chi connectivity index (χ4n) is 2.42. The van der Waals surface area contributed by atoms with E-state index in [0.29, 0.717) is 16.3 Å². The summed E-state index contributed by atoms with van der Waals surface area (Å²) in [5, 5.41) is 3.04. The molecule has 5 heteroatoms. The lowest BCUT2D eigenvalue weighted by molar-refractivity contribution is 0.0943. The monoisotopic (exact) mass is 451 g/mol. The van der Waals surface area contributed by atoms with Gasteiger partial charge in [0.25, 0.3) is 5.91 Å². The summed E-state index contributed by atoms with van der Waals surface area (Å²) >= 11 is 10.5. The number of halogens is 3. The van der Waals surface area contributed by atoms with Gasteiger partial charge in [0, 0.05) is 20.3 Å². The fourth-order valence-corrected chi connectivity index (χ4v) is 4.50. The lowest BCUT2D eigenvalue weighted by Gasteiger charge is -2.25. The van der Waals surface area contributed by atoms with Crippen molar-refractivity contribution in [3.05, 3.63) is 32.7 Å². The largest absolute Gasteiger partial charge is 0.352 e. The molecule has 0 bridgehead atoms. The van der Waals surface area contributed by atoms with E-state index < -0.39 is 0 Å². The molecule has 2 rings (SSSR count). The molecule has 1 saturated carbocycles. The number of benzene rings is 1. The van der Waals surface area contributed by atoms with Gasteiger partial charge in [0.15, 0.2) is 0 Å². The van der Waals surface area contributed by atoms with Gasteiger partial charge in [0.1, 0.15) is 0 Å². The Hall–Kier alpha value is 0.130. The fraction of sp³-hybridized carbons (Fsp3) is 0.500. The van der Waals surface area contributed by atoms with Crippen LogP contribution >= 0.6 is 47.8 Å².